The first-order valence-electron chi connectivity index (χ1n) is 5.37. The summed E-state index contributed by atoms with van der Waals surface area (Å²) < 4.78 is 5.62. The highest BCUT2D eigenvalue weighted by molar-refractivity contribution is 6.32. The first kappa shape index (κ1) is 13.6. The van der Waals surface area contributed by atoms with Crippen LogP contribution in [0.5, 0.6) is 11.5 Å². The highest BCUT2D eigenvalue weighted by Gasteiger charge is 2.13. The van der Waals surface area contributed by atoms with Crippen molar-refractivity contribution in [3.63, 3.8) is 0 Å². The molecule has 0 bridgehead atoms. The lowest BCUT2D eigenvalue weighted by molar-refractivity contribution is -0.384. The van der Waals surface area contributed by atoms with Gasteiger partial charge in [-0.05, 0) is 12.1 Å². The van der Waals surface area contributed by atoms with Gasteiger partial charge in [0.25, 0.3) is 5.69 Å². The van der Waals surface area contributed by atoms with Crippen molar-refractivity contribution < 1.29 is 9.66 Å². The minimum atomic E-state index is -0.543. The summed E-state index contributed by atoms with van der Waals surface area (Å²) in [6, 6.07) is 11.5. The van der Waals surface area contributed by atoms with Gasteiger partial charge in [-0.1, -0.05) is 29.8 Å². The molecule has 0 N–H and O–H groups in total. The molecule has 0 aliphatic heterocycles. The van der Waals surface area contributed by atoms with E-state index in [0.717, 1.165) is 5.56 Å². The Hall–Kier alpha value is -1.78. The summed E-state index contributed by atoms with van der Waals surface area (Å²) in [6.45, 7) is 0. The molecule has 0 spiro atoms. The lowest BCUT2D eigenvalue weighted by Crippen LogP contribution is -1.92. The molecule has 0 saturated heterocycles. The normalized spacial score (nSPS) is 10.2. The minimum absolute atomic E-state index is 0.0332. The van der Waals surface area contributed by atoms with Gasteiger partial charge in [-0.15, -0.1) is 11.6 Å². The second-order valence-electron chi connectivity index (χ2n) is 3.71. The molecule has 0 amide bonds. The van der Waals surface area contributed by atoms with Gasteiger partial charge in [0.05, 0.1) is 10.8 Å². The average Bonchev–Trinajstić information content (AvgIpc) is 2.39. The van der Waals surface area contributed by atoms with Crippen LogP contribution in [-0.4, -0.2) is 4.92 Å². The van der Waals surface area contributed by atoms with Gasteiger partial charge < -0.3 is 4.74 Å². The summed E-state index contributed by atoms with van der Waals surface area (Å²) in [4.78, 5) is 10.1. The van der Waals surface area contributed by atoms with Crippen molar-refractivity contribution in [2.24, 2.45) is 0 Å². The van der Waals surface area contributed by atoms with E-state index in [4.69, 9.17) is 27.9 Å². The van der Waals surface area contributed by atoms with Crippen molar-refractivity contribution >= 4 is 28.9 Å². The summed E-state index contributed by atoms with van der Waals surface area (Å²) in [6.07, 6.45) is 0. The van der Waals surface area contributed by atoms with Crippen LogP contribution in [0.25, 0.3) is 0 Å². The lowest BCUT2D eigenvalue weighted by Gasteiger charge is -2.09. The van der Waals surface area contributed by atoms with E-state index in [2.05, 4.69) is 0 Å². The molecule has 98 valence electrons. The molecule has 0 heterocycles. The Labute approximate surface area is 119 Å². The van der Waals surface area contributed by atoms with Crippen molar-refractivity contribution in [1.29, 1.82) is 0 Å². The van der Waals surface area contributed by atoms with Crippen LogP contribution in [-0.2, 0) is 5.88 Å². The van der Waals surface area contributed by atoms with Crippen LogP contribution < -0.4 is 4.74 Å². The van der Waals surface area contributed by atoms with E-state index in [0.29, 0.717) is 17.4 Å². The molecule has 2 aromatic carbocycles. The predicted molar refractivity (Wildman–Crippen MR) is 74.2 cm³/mol. The zero-order valence-electron chi connectivity index (χ0n) is 9.68. The lowest BCUT2D eigenvalue weighted by atomic mass is 10.2. The molecular formula is C13H9Cl2NO3. The molecule has 0 aromatic heterocycles. The second-order valence-corrected chi connectivity index (χ2v) is 4.39. The summed E-state index contributed by atoms with van der Waals surface area (Å²) in [5, 5.41) is 10.7. The fraction of sp³-hybridized carbons (Fsp3) is 0.0769. The number of ether oxygens (including phenoxy) is 1. The largest absolute Gasteiger partial charge is 0.457 e. The third-order valence-corrected chi connectivity index (χ3v) is 3.05. The fourth-order valence-corrected chi connectivity index (χ4v) is 2.00. The molecule has 4 nitrogen and oxygen atoms in total. The Morgan fingerprint density at radius 3 is 2.58 bits per heavy atom. The van der Waals surface area contributed by atoms with Gasteiger partial charge in [0.2, 0.25) is 0 Å². The maximum Gasteiger partial charge on any atom is 0.288 e. The maximum atomic E-state index is 10.7. The van der Waals surface area contributed by atoms with Gasteiger partial charge in [-0.2, -0.15) is 0 Å². The van der Waals surface area contributed by atoms with Crippen LogP contribution in [0.3, 0.4) is 0 Å². The molecule has 2 rings (SSSR count). The summed E-state index contributed by atoms with van der Waals surface area (Å²) in [7, 11) is 0. The fourth-order valence-electron chi connectivity index (χ4n) is 1.54. The van der Waals surface area contributed by atoms with Gasteiger partial charge in [-0.25, -0.2) is 0 Å². The van der Waals surface area contributed by atoms with E-state index in [1.54, 1.807) is 6.07 Å². The van der Waals surface area contributed by atoms with Gasteiger partial charge in [-0.3, -0.25) is 10.1 Å². The first-order valence-corrected chi connectivity index (χ1v) is 6.28. The van der Waals surface area contributed by atoms with Crippen molar-refractivity contribution in [3.05, 3.63) is 63.2 Å². The summed E-state index contributed by atoms with van der Waals surface area (Å²) >= 11 is 11.6. The van der Waals surface area contributed by atoms with Crippen molar-refractivity contribution in [2.45, 2.75) is 5.88 Å². The van der Waals surface area contributed by atoms with Crippen LogP contribution >= 0.6 is 23.2 Å². The van der Waals surface area contributed by atoms with Crippen LogP contribution in [0.2, 0.25) is 5.02 Å². The van der Waals surface area contributed by atoms with Gasteiger partial charge >= 0.3 is 0 Å². The number of nitrogens with zero attached hydrogens (tertiary/aromatic N) is 1. The highest BCUT2D eigenvalue weighted by Crippen LogP contribution is 2.32. The SMILES string of the molecule is O=[N+]([O-])c1ccc(Oc2ccccc2CCl)cc1Cl. The molecule has 6 heteroatoms. The molecule has 0 aliphatic rings. The monoisotopic (exact) mass is 297 g/mol. The molecule has 0 atom stereocenters. The van der Waals surface area contributed by atoms with Crippen LogP contribution in [0.15, 0.2) is 42.5 Å². The summed E-state index contributed by atoms with van der Waals surface area (Å²) in [5.41, 5.74) is 0.679. The van der Waals surface area contributed by atoms with E-state index in [9.17, 15) is 10.1 Å². The number of nitro benzene ring substituents is 1. The molecule has 0 radical (unpaired) electrons. The minimum Gasteiger partial charge on any atom is -0.457 e. The number of hydrogen-bond donors (Lipinski definition) is 0. The Balaban J connectivity index is 2.29. The number of alkyl halides is 1. The average molecular weight is 298 g/mol. The van der Waals surface area contributed by atoms with E-state index in [-0.39, 0.29) is 10.7 Å². The number of hydrogen-bond acceptors (Lipinski definition) is 3. The topological polar surface area (TPSA) is 52.4 Å². The molecule has 0 unspecified atom stereocenters. The van der Waals surface area contributed by atoms with Gasteiger partial charge in [0, 0.05) is 17.7 Å². The Morgan fingerprint density at radius 1 is 1.21 bits per heavy atom. The maximum absolute atomic E-state index is 10.7. The Kier molecular flexibility index (Phi) is 4.24. The number of rotatable bonds is 4. The van der Waals surface area contributed by atoms with E-state index in [1.807, 2.05) is 18.2 Å². The van der Waals surface area contributed by atoms with Crippen molar-refractivity contribution in [3.8, 4) is 11.5 Å². The zero-order chi connectivity index (χ0) is 13.8. The predicted octanol–water partition coefficient (Wildman–Crippen LogP) is 4.78. The second kappa shape index (κ2) is 5.91. The molecule has 0 aliphatic carbocycles. The number of benzene rings is 2. The van der Waals surface area contributed by atoms with Gasteiger partial charge in [0.15, 0.2) is 0 Å². The highest BCUT2D eigenvalue weighted by atomic mass is 35.5. The zero-order valence-corrected chi connectivity index (χ0v) is 11.2. The molecule has 0 fully saturated rings. The van der Waals surface area contributed by atoms with Gasteiger partial charge in [0.1, 0.15) is 16.5 Å². The van der Waals surface area contributed by atoms with Crippen LogP contribution in [0.1, 0.15) is 5.56 Å². The van der Waals surface area contributed by atoms with Crippen molar-refractivity contribution in [1.82, 2.24) is 0 Å². The Bertz CT molecular complexity index is 617. The van der Waals surface area contributed by atoms with Crippen LogP contribution in [0.4, 0.5) is 5.69 Å². The number of halogens is 2. The van der Waals surface area contributed by atoms with E-state index >= 15 is 0 Å². The first-order chi connectivity index (χ1) is 9.11. The molecule has 19 heavy (non-hydrogen) atoms. The Morgan fingerprint density at radius 2 is 1.95 bits per heavy atom. The van der Waals surface area contributed by atoms with E-state index < -0.39 is 4.92 Å². The molecular weight excluding hydrogens is 289 g/mol. The van der Waals surface area contributed by atoms with Crippen molar-refractivity contribution in [2.75, 3.05) is 0 Å². The number of nitro groups is 1. The third kappa shape index (κ3) is 3.16. The third-order valence-electron chi connectivity index (χ3n) is 2.46. The standard InChI is InChI=1S/C13H9Cl2NO3/c14-8-9-3-1-2-4-13(9)19-10-5-6-12(16(17)18)11(15)7-10/h1-7H,8H2. The van der Waals surface area contributed by atoms with Crippen LogP contribution in [0, 0.1) is 10.1 Å². The number of para-hydroxylation sites is 1. The molecule has 0 saturated carbocycles. The molecule has 2 aromatic rings. The quantitative estimate of drug-likeness (QED) is 0.463. The smallest absolute Gasteiger partial charge is 0.288 e. The summed E-state index contributed by atoms with van der Waals surface area (Å²) in [5.74, 6) is 1.34. The van der Waals surface area contributed by atoms with E-state index in [1.165, 1.54) is 18.2 Å².